The van der Waals surface area contributed by atoms with Crippen LogP contribution in [-0.4, -0.2) is 42.6 Å². The van der Waals surface area contributed by atoms with Crippen molar-refractivity contribution in [2.45, 2.75) is 44.7 Å². The summed E-state index contributed by atoms with van der Waals surface area (Å²) in [6.45, 7) is 1.04. The largest absolute Gasteiger partial charge is 0.416 e. The minimum Gasteiger partial charge on any atom is -0.399 e. The molecule has 0 bridgehead atoms. The van der Waals surface area contributed by atoms with Gasteiger partial charge in [-0.15, -0.1) is 24.8 Å². The molecular formula is C51H42Cl3F6N11O2. The van der Waals surface area contributed by atoms with E-state index in [9.17, 15) is 35.9 Å². The van der Waals surface area contributed by atoms with Crippen molar-refractivity contribution in [2.75, 3.05) is 16.4 Å². The summed E-state index contributed by atoms with van der Waals surface area (Å²) in [6.07, 6.45) is -4.41. The van der Waals surface area contributed by atoms with E-state index in [1.165, 1.54) is 24.8 Å². The van der Waals surface area contributed by atoms with E-state index in [0.29, 0.717) is 93.8 Å². The second kappa shape index (κ2) is 23.1. The molecule has 2 amide bonds. The fraction of sp³-hybridized carbons (Fsp3) is 0.137. The summed E-state index contributed by atoms with van der Waals surface area (Å²) in [6, 6.07) is 33.1. The van der Waals surface area contributed by atoms with Crippen molar-refractivity contribution in [3.63, 3.8) is 0 Å². The van der Waals surface area contributed by atoms with Crippen molar-refractivity contribution in [3.05, 3.63) is 184 Å². The minimum atomic E-state index is -4.38. The van der Waals surface area contributed by atoms with Gasteiger partial charge in [0.05, 0.1) is 44.7 Å². The highest BCUT2D eigenvalue weighted by atomic mass is 35.5. The molecule has 0 saturated heterocycles. The number of fused-ring (bicyclic) bond motifs is 4. The number of carbonyl (C=O) groups excluding carboxylic acids is 2. The zero-order chi connectivity index (χ0) is 50.5. The lowest BCUT2D eigenvalue weighted by molar-refractivity contribution is -0.138. The number of para-hydroxylation sites is 2. The lowest BCUT2D eigenvalue weighted by Crippen LogP contribution is -2.12. The first-order valence-electron chi connectivity index (χ1n) is 21.6. The molecule has 0 spiro atoms. The third-order valence-electron chi connectivity index (χ3n) is 11.2. The first-order valence-corrected chi connectivity index (χ1v) is 21.9. The summed E-state index contributed by atoms with van der Waals surface area (Å²) in [5.41, 5.74) is 23.8. The topological polar surface area (TPSA) is 213 Å². The van der Waals surface area contributed by atoms with E-state index in [0.717, 1.165) is 63.2 Å². The van der Waals surface area contributed by atoms with Crippen LogP contribution in [0.5, 0.6) is 0 Å². The smallest absolute Gasteiger partial charge is 0.399 e. The van der Waals surface area contributed by atoms with Crippen LogP contribution in [0.1, 0.15) is 59.7 Å². The highest BCUT2D eigenvalue weighted by Crippen LogP contribution is 2.37. The molecule has 2 aromatic heterocycles. The fourth-order valence-corrected chi connectivity index (χ4v) is 8.10. The Morgan fingerprint density at radius 2 is 1.03 bits per heavy atom. The normalized spacial score (nSPS) is 12.3. The van der Waals surface area contributed by atoms with Gasteiger partial charge in [-0.1, -0.05) is 72.3 Å². The number of nitrogens with one attached hydrogen (secondary N) is 2. The van der Waals surface area contributed by atoms with Crippen LogP contribution >= 0.6 is 36.4 Å². The van der Waals surface area contributed by atoms with Crippen molar-refractivity contribution in [1.82, 2.24) is 19.9 Å². The molecular weight excluding hydrogens is 1020 g/mol. The Bertz CT molecular complexity index is 3410. The molecule has 10 rings (SSSR count). The van der Waals surface area contributed by atoms with Gasteiger partial charge < -0.3 is 27.8 Å². The van der Waals surface area contributed by atoms with Gasteiger partial charge in [-0.3, -0.25) is 14.6 Å². The maximum absolute atomic E-state index is 13.0. The first kappa shape index (κ1) is 54.5. The van der Waals surface area contributed by atoms with E-state index in [2.05, 4.69) is 40.6 Å². The van der Waals surface area contributed by atoms with Crippen LogP contribution in [-0.2, 0) is 44.7 Å². The molecule has 22 heteroatoms. The van der Waals surface area contributed by atoms with E-state index < -0.39 is 35.3 Å². The number of rotatable bonds is 10. The fourth-order valence-electron chi connectivity index (χ4n) is 7.86. The monoisotopic (exact) mass is 1060 g/mol. The molecule has 4 heterocycles. The Kier molecular flexibility index (Phi) is 17.3. The molecule has 8 aromatic rings. The van der Waals surface area contributed by atoms with Gasteiger partial charge in [0.15, 0.2) is 0 Å². The second-order valence-electron chi connectivity index (χ2n) is 16.2. The molecule has 0 atom stereocenters. The van der Waals surface area contributed by atoms with Crippen molar-refractivity contribution in [3.8, 4) is 0 Å². The van der Waals surface area contributed by atoms with Gasteiger partial charge in [0.1, 0.15) is 29.5 Å². The molecule has 8 N–H and O–H groups in total. The number of hydrogen-bond donors (Lipinski definition) is 5. The Morgan fingerprint density at radius 3 is 1.53 bits per heavy atom. The van der Waals surface area contributed by atoms with Crippen LogP contribution in [0.2, 0.25) is 0 Å². The second-order valence-corrected chi connectivity index (χ2v) is 16.7. The molecule has 376 valence electrons. The Morgan fingerprint density at radius 1 is 0.562 bits per heavy atom. The Labute approximate surface area is 430 Å². The lowest BCUT2D eigenvalue weighted by atomic mass is 10.0. The van der Waals surface area contributed by atoms with Gasteiger partial charge in [0, 0.05) is 54.5 Å². The summed E-state index contributed by atoms with van der Waals surface area (Å²) in [4.78, 5) is 48.3. The zero-order valence-electron chi connectivity index (χ0n) is 37.9. The van der Waals surface area contributed by atoms with Gasteiger partial charge in [0.2, 0.25) is 0 Å². The average molecular weight is 1060 g/mol. The van der Waals surface area contributed by atoms with Crippen molar-refractivity contribution < 1.29 is 35.9 Å². The number of aliphatic imine (C=N–C) groups is 2. The molecule has 0 unspecified atom stereocenters. The van der Waals surface area contributed by atoms with E-state index in [-0.39, 0.29) is 24.8 Å². The number of nitrogen functional groups attached to an aromatic ring is 1. The minimum absolute atomic E-state index is 0. The maximum atomic E-state index is 13.0. The van der Waals surface area contributed by atoms with E-state index in [4.69, 9.17) is 28.8 Å². The highest BCUT2D eigenvalue weighted by molar-refractivity contribution is 6.66. The number of hydrogen-bond acceptors (Lipinski definition) is 11. The number of nitrogens with zero attached hydrogens (tertiary/aromatic N) is 6. The van der Waals surface area contributed by atoms with Crippen molar-refractivity contribution in [1.29, 1.82) is 0 Å². The number of aromatic nitrogens is 4. The summed E-state index contributed by atoms with van der Waals surface area (Å²) in [5.74, 6) is 0.167. The van der Waals surface area contributed by atoms with Crippen molar-refractivity contribution >= 4 is 110 Å². The summed E-state index contributed by atoms with van der Waals surface area (Å²) >= 11 is 5.61. The summed E-state index contributed by atoms with van der Waals surface area (Å²) in [5, 5.41) is 8.30. The van der Waals surface area contributed by atoms with Gasteiger partial charge in [-0.25, -0.2) is 24.9 Å². The molecule has 6 aromatic carbocycles. The number of amides is 2. The van der Waals surface area contributed by atoms with Crippen LogP contribution < -0.4 is 27.8 Å². The SMILES string of the molecule is Cl.Cl.FC(F)(F)c1ccc2c(c1)N=C(Cl)C2.NC(=O)c1cccc2c(NCc3cccc(CC4=Nc5cc(C(F)(F)F)ccc5C4)c3)ncnc12.NC(=O)c1cccc2c(NCc3cccc(N)c3)ncnc12. The average Bonchev–Trinajstić information content (AvgIpc) is 3.93. The number of carbonyl (C=O) groups is 2. The first-order chi connectivity index (χ1) is 33.9. The molecule has 2 aliphatic heterocycles. The predicted molar refractivity (Wildman–Crippen MR) is 277 cm³/mol. The van der Waals surface area contributed by atoms with Gasteiger partial charge in [0.25, 0.3) is 11.8 Å². The number of alkyl halides is 6. The third-order valence-corrected chi connectivity index (χ3v) is 11.4. The lowest BCUT2D eigenvalue weighted by Gasteiger charge is -2.11. The van der Waals surface area contributed by atoms with E-state index in [1.54, 1.807) is 24.3 Å². The third kappa shape index (κ3) is 13.4. The molecule has 0 fully saturated rings. The van der Waals surface area contributed by atoms with Crippen LogP contribution in [0.3, 0.4) is 0 Å². The quantitative estimate of drug-likeness (QED) is 0.0650. The standard InChI is InChI=1S/C26H20F3N5O.C16H15N5O.C9H5ClF3N.2ClH/c27-26(28,29)18-8-7-17-11-19(34-22(17)12-18)10-15-3-1-4-16(9-15)13-31-25-21-6-2-5-20(24(30)35)23(21)32-14-33-25;17-11-4-1-3-10(7-11)8-19-16-13-6-2-5-12(15(18)22)14(13)20-9-21-16;10-8-3-5-1-2-6(9(11,12)13)4-7(5)14-8;;/h1-9,12,14H,10-11,13H2,(H2,30,35)(H,31,32,33);1-7,9H,8,17H2,(H2,18,22)(H,19,20,21);1-2,4H,3H2;2*1H. The van der Waals surface area contributed by atoms with Crippen LogP contribution in [0.25, 0.3) is 21.8 Å². The molecule has 2 aliphatic rings. The predicted octanol–water partition coefficient (Wildman–Crippen LogP) is 11.5. The number of benzene rings is 6. The molecule has 73 heavy (non-hydrogen) atoms. The molecule has 0 saturated carbocycles. The molecule has 13 nitrogen and oxygen atoms in total. The van der Waals surface area contributed by atoms with E-state index >= 15 is 0 Å². The molecule has 0 radical (unpaired) electrons. The van der Waals surface area contributed by atoms with Crippen LogP contribution in [0.4, 0.5) is 55.0 Å². The zero-order valence-corrected chi connectivity index (χ0v) is 40.3. The van der Waals surface area contributed by atoms with Gasteiger partial charge >= 0.3 is 12.4 Å². The maximum Gasteiger partial charge on any atom is 0.416 e. The Balaban J connectivity index is 0.000000195. The number of halogens is 9. The van der Waals surface area contributed by atoms with Gasteiger partial charge in [-0.05, 0) is 88.5 Å². The Hall–Kier alpha value is -7.87. The molecule has 0 aliphatic carbocycles. The highest BCUT2D eigenvalue weighted by Gasteiger charge is 2.33. The summed E-state index contributed by atoms with van der Waals surface area (Å²) < 4.78 is 75.8. The number of nitrogens with two attached hydrogens (primary N) is 3. The number of primary amides is 2. The van der Waals surface area contributed by atoms with Crippen LogP contribution in [0, 0.1) is 0 Å². The van der Waals surface area contributed by atoms with Gasteiger partial charge in [-0.2, -0.15) is 26.3 Å². The summed E-state index contributed by atoms with van der Waals surface area (Å²) in [7, 11) is 0. The number of anilines is 3. The van der Waals surface area contributed by atoms with E-state index in [1.807, 2.05) is 60.7 Å². The van der Waals surface area contributed by atoms with Crippen LogP contribution in [0.15, 0.2) is 144 Å². The van der Waals surface area contributed by atoms with Crippen molar-refractivity contribution in [2.24, 2.45) is 21.5 Å².